The largest absolute Gasteiger partial charge is 0.475 e. The number of benzene rings is 1. The predicted octanol–water partition coefficient (Wildman–Crippen LogP) is 1.27. The van der Waals surface area contributed by atoms with Crippen LogP contribution in [0, 0.1) is 6.92 Å². The zero-order valence-electron chi connectivity index (χ0n) is 10.1. The van der Waals surface area contributed by atoms with Crippen LogP contribution < -0.4 is 4.74 Å². The zero-order valence-corrected chi connectivity index (χ0v) is 10.1. The summed E-state index contributed by atoms with van der Waals surface area (Å²) in [6, 6.07) is 5.49. The Balaban J connectivity index is 2.40. The smallest absolute Gasteiger partial charge is 0.150 e. The average Bonchev–Trinajstić information content (AvgIpc) is 2.30. The summed E-state index contributed by atoms with van der Waals surface area (Å²) in [4.78, 5) is 13.1. The summed E-state index contributed by atoms with van der Waals surface area (Å²) in [5.74, 6) is 0.767. The van der Waals surface area contributed by atoms with Crippen LogP contribution in [0.3, 0.4) is 0 Å². The molecule has 17 heavy (non-hydrogen) atoms. The molecule has 1 aliphatic rings. The van der Waals surface area contributed by atoms with E-state index in [-0.39, 0.29) is 18.9 Å². The summed E-state index contributed by atoms with van der Waals surface area (Å²) >= 11 is 0. The summed E-state index contributed by atoms with van der Waals surface area (Å²) in [6.45, 7) is 4.32. The van der Waals surface area contributed by atoms with E-state index < -0.39 is 0 Å². The van der Waals surface area contributed by atoms with Gasteiger partial charge in [-0.1, -0.05) is 12.1 Å². The molecule has 2 atom stereocenters. The fraction of sp³-hybridized carbons (Fsp3) is 0.462. The van der Waals surface area contributed by atoms with E-state index in [4.69, 9.17) is 9.84 Å². The fourth-order valence-electron chi connectivity index (χ4n) is 2.23. The van der Waals surface area contributed by atoms with Gasteiger partial charge in [-0.25, -0.2) is 0 Å². The first-order valence-corrected chi connectivity index (χ1v) is 5.76. The number of hydrogen-bond donors (Lipinski definition) is 1. The van der Waals surface area contributed by atoms with Gasteiger partial charge in [-0.3, -0.25) is 4.90 Å². The first-order valence-electron chi connectivity index (χ1n) is 5.76. The van der Waals surface area contributed by atoms with Crippen molar-refractivity contribution < 1.29 is 14.6 Å². The highest BCUT2D eigenvalue weighted by molar-refractivity contribution is 5.65. The van der Waals surface area contributed by atoms with Crippen LogP contribution in [0.25, 0.3) is 0 Å². The molecule has 0 spiro atoms. The van der Waals surface area contributed by atoms with Crippen molar-refractivity contribution in [2.75, 3.05) is 13.2 Å². The lowest BCUT2D eigenvalue weighted by molar-refractivity contribution is -0.118. The minimum absolute atomic E-state index is 0.0131. The molecule has 0 aliphatic carbocycles. The van der Waals surface area contributed by atoms with Crippen LogP contribution in [0.2, 0.25) is 0 Å². The molecular formula is C13H17NO3. The number of β-amino-alcohol motifs (C(OH)–C–C–N with tert-alkyl or cyclic N) is 1. The van der Waals surface area contributed by atoms with Crippen molar-refractivity contribution in [1.29, 1.82) is 0 Å². The van der Waals surface area contributed by atoms with Crippen molar-refractivity contribution in [3.8, 4) is 5.75 Å². The Morgan fingerprint density at radius 1 is 1.53 bits per heavy atom. The maximum absolute atomic E-state index is 11.3. The van der Waals surface area contributed by atoms with Gasteiger partial charge in [0.2, 0.25) is 0 Å². The van der Waals surface area contributed by atoms with Gasteiger partial charge in [0.25, 0.3) is 0 Å². The number of aliphatic hydroxyl groups is 1. The quantitative estimate of drug-likeness (QED) is 0.801. The lowest BCUT2D eigenvalue weighted by atomic mass is 10.0. The molecule has 4 nitrogen and oxygen atoms in total. The lowest BCUT2D eigenvalue weighted by Crippen LogP contribution is -2.45. The number of carbonyl (C=O) groups excluding carboxylic acids is 1. The van der Waals surface area contributed by atoms with Crippen molar-refractivity contribution in [3.63, 3.8) is 0 Å². The maximum Gasteiger partial charge on any atom is 0.150 e. The van der Waals surface area contributed by atoms with Gasteiger partial charge in [0.1, 0.15) is 12.0 Å². The van der Waals surface area contributed by atoms with E-state index in [1.54, 1.807) is 0 Å². The Morgan fingerprint density at radius 2 is 2.29 bits per heavy atom. The van der Waals surface area contributed by atoms with Gasteiger partial charge in [-0.2, -0.15) is 0 Å². The van der Waals surface area contributed by atoms with E-state index in [0.29, 0.717) is 6.54 Å². The summed E-state index contributed by atoms with van der Waals surface area (Å²) in [5.41, 5.74) is 1.98. The lowest BCUT2D eigenvalue weighted by Gasteiger charge is -2.38. The number of hydrogen-bond acceptors (Lipinski definition) is 4. The molecule has 0 radical (unpaired) electrons. The predicted molar refractivity (Wildman–Crippen MR) is 63.9 cm³/mol. The van der Waals surface area contributed by atoms with E-state index in [1.807, 2.05) is 36.9 Å². The Kier molecular flexibility index (Phi) is 3.45. The zero-order chi connectivity index (χ0) is 12.4. The third-order valence-corrected chi connectivity index (χ3v) is 3.10. The highest BCUT2D eigenvalue weighted by Gasteiger charge is 2.32. The Bertz CT molecular complexity index is 419. The van der Waals surface area contributed by atoms with E-state index in [1.165, 1.54) is 0 Å². The topological polar surface area (TPSA) is 49.8 Å². The molecule has 2 rings (SSSR count). The van der Waals surface area contributed by atoms with E-state index in [0.717, 1.165) is 23.2 Å². The number of aryl methyl sites for hydroxylation is 1. The van der Waals surface area contributed by atoms with E-state index >= 15 is 0 Å². The molecular weight excluding hydrogens is 218 g/mol. The molecule has 0 saturated carbocycles. The number of rotatable bonds is 3. The molecule has 0 aromatic heterocycles. The van der Waals surface area contributed by atoms with Crippen LogP contribution in [-0.4, -0.2) is 35.7 Å². The highest BCUT2D eigenvalue weighted by Crippen LogP contribution is 2.35. The number of ether oxygens (including phenoxy) is 1. The van der Waals surface area contributed by atoms with Crippen molar-refractivity contribution >= 4 is 6.29 Å². The molecule has 0 bridgehead atoms. The minimum Gasteiger partial charge on any atom is -0.475 e. The molecule has 0 saturated heterocycles. The van der Waals surface area contributed by atoms with E-state index in [9.17, 15) is 4.79 Å². The van der Waals surface area contributed by atoms with Crippen molar-refractivity contribution in [1.82, 2.24) is 4.90 Å². The number of fused-ring (bicyclic) bond motifs is 1. The van der Waals surface area contributed by atoms with Gasteiger partial charge in [0, 0.05) is 12.1 Å². The molecule has 1 aromatic rings. The summed E-state index contributed by atoms with van der Waals surface area (Å²) in [6.07, 6.45) is 0.703. The monoisotopic (exact) mass is 235 g/mol. The Morgan fingerprint density at radius 3 is 2.94 bits per heavy atom. The third-order valence-electron chi connectivity index (χ3n) is 3.10. The van der Waals surface area contributed by atoms with Gasteiger partial charge >= 0.3 is 0 Å². The molecule has 0 amide bonds. The number of aliphatic hydroxyl groups excluding tert-OH is 1. The van der Waals surface area contributed by atoms with Crippen LogP contribution in [0.5, 0.6) is 5.75 Å². The SMILES string of the molecule is Cc1ccc2c(c1)OC(C)N(CCO)C2C=O. The van der Waals surface area contributed by atoms with Crippen LogP contribution in [0.4, 0.5) is 0 Å². The van der Waals surface area contributed by atoms with Gasteiger partial charge < -0.3 is 14.6 Å². The Labute approximate surface area is 101 Å². The standard InChI is InChI=1S/C13H17NO3/c1-9-3-4-11-12(8-16)14(5-6-15)10(2)17-13(11)7-9/h3-4,7-8,10,12,15H,5-6H2,1-2H3. The summed E-state index contributed by atoms with van der Waals surface area (Å²) in [5, 5.41) is 9.03. The fourth-order valence-corrected chi connectivity index (χ4v) is 2.23. The van der Waals surface area contributed by atoms with Crippen LogP contribution in [0.1, 0.15) is 24.1 Å². The van der Waals surface area contributed by atoms with Crippen LogP contribution in [0.15, 0.2) is 18.2 Å². The molecule has 2 unspecified atom stereocenters. The molecule has 0 fully saturated rings. The molecule has 1 aliphatic heterocycles. The highest BCUT2D eigenvalue weighted by atomic mass is 16.5. The van der Waals surface area contributed by atoms with Crippen molar-refractivity contribution in [2.24, 2.45) is 0 Å². The number of aldehydes is 1. The van der Waals surface area contributed by atoms with Crippen LogP contribution >= 0.6 is 0 Å². The van der Waals surface area contributed by atoms with Crippen molar-refractivity contribution in [3.05, 3.63) is 29.3 Å². The average molecular weight is 235 g/mol. The summed E-state index contributed by atoms with van der Waals surface area (Å²) in [7, 11) is 0. The minimum atomic E-state index is -0.332. The number of carbonyl (C=O) groups is 1. The van der Waals surface area contributed by atoms with E-state index in [2.05, 4.69) is 0 Å². The molecule has 1 aromatic carbocycles. The Hall–Kier alpha value is -1.39. The second-order valence-electron chi connectivity index (χ2n) is 4.30. The molecule has 92 valence electrons. The second-order valence-corrected chi connectivity index (χ2v) is 4.30. The van der Waals surface area contributed by atoms with Gasteiger partial charge in [0.05, 0.1) is 12.6 Å². The van der Waals surface area contributed by atoms with Gasteiger partial charge in [-0.05, 0) is 25.5 Å². The first-order chi connectivity index (χ1) is 8.17. The normalized spacial score (nSPS) is 23.9. The maximum atomic E-state index is 11.3. The molecule has 4 heteroatoms. The van der Waals surface area contributed by atoms with Gasteiger partial charge in [-0.15, -0.1) is 0 Å². The summed E-state index contributed by atoms with van der Waals surface area (Å²) < 4.78 is 5.77. The van der Waals surface area contributed by atoms with Gasteiger partial charge in [0.15, 0.2) is 6.23 Å². The van der Waals surface area contributed by atoms with Crippen molar-refractivity contribution in [2.45, 2.75) is 26.1 Å². The first kappa shape index (κ1) is 12.1. The molecule has 1 heterocycles. The number of nitrogens with zero attached hydrogens (tertiary/aromatic N) is 1. The third kappa shape index (κ3) is 2.18. The van der Waals surface area contributed by atoms with Crippen LogP contribution in [-0.2, 0) is 4.79 Å². The second kappa shape index (κ2) is 4.85. The molecule has 1 N–H and O–H groups in total.